The Morgan fingerprint density at radius 2 is 1.41 bits per heavy atom. The number of ether oxygens (including phenoxy) is 2. The van der Waals surface area contributed by atoms with Gasteiger partial charge >= 0.3 is 0 Å². The SMILES string of the molecule is COC(OC)c1ccc(C)cc1.O=S(=O)(O)c1ccccc1. The summed E-state index contributed by atoms with van der Waals surface area (Å²) in [6.45, 7) is 2.05. The maximum absolute atomic E-state index is 10.4. The predicted octanol–water partition coefficient (Wildman–Crippen LogP) is 3.22. The Morgan fingerprint density at radius 1 is 0.909 bits per heavy atom. The molecule has 0 aromatic heterocycles. The largest absolute Gasteiger partial charge is 0.352 e. The van der Waals surface area contributed by atoms with Gasteiger partial charge in [-0.15, -0.1) is 0 Å². The van der Waals surface area contributed by atoms with Gasteiger partial charge in [-0.2, -0.15) is 8.42 Å². The van der Waals surface area contributed by atoms with Gasteiger partial charge in [0, 0.05) is 19.8 Å². The lowest BCUT2D eigenvalue weighted by molar-refractivity contribution is -0.106. The van der Waals surface area contributed by atoms with Crippen LogP contribution in [-0.2, 0) is 19.6 Å². The highest BCUT2D eigenvalue weighted by atomic mass is 32.2. The van der Waals surface area contributed by atoms with Crippen LogP contribution in [-0.4, -0.2) is 27.2 Å². The molecule has 0 atom stereocenters. The second-order valence-corrected chi connectivity index (χ2v) is 5.92. The Bertz CT molecular complexity index is 647. The van der Waals surface area contributed by atoms with Crippen LogP contribution in [0.4, 0.5) is 0 Å². The molecule has 1 N–H and O–H groups in total. The van der Waals surface area contributed by atoms with Crippen molar-refractivity contribution in [1.29, 1.82) is 0 Å². The maximum atomic E-state index is 10.4. The summed E-state index contributed by atoms with van der Waals surface area (Å²) >= 11 is 0. The fourth-order valence-corrected chi connectivity index (χ4v) is 2.19. The Balaban J connectivity index is 0.000000224. The fraction of sp³-hybridized carbons (Fsp3) is 0.250. The molecule has 22 heavy (non-hydrogen) atoms. The molecule has 2 aromatic rings. The summed E-state index contributed by atoms with van der Waals surface area (Å²) in [5.74, 6) is 0. The third-order valence-corrected chi connectivity index (χ3v) is 3.69. The average molecular weight is 324 g/mol. The summed E-state index contributed by atoms with van der Waals surface area (Å²) in [6, 6.07) is 15.5. The molecule has 0 amide bonds. The van der Waals surface area contributed by atoms with Crippen LogP contribution in [0, 0.1) is 6.92 Å². The second-order valence-electron chi connectivity index (χ2n) is 4.50. The van der Waals surface area contributed by atoms with Crippen LogP contribution in [0.5, 0.6) is 0 Å². The number of hydrogen-bond acceptors (Lipinski definition) is 4. The monoisotopic (exact) mass is 324 g/mol. The van der Waals surface area contributed by atoms with Gasteiger partial charge in [0.1, 0.15) is 0 Å². The summed E-state index contributed by atoms with van der Waals surface area (Å²) < 4.78 is 39.4. The molecule has 0 fully saturated rings. The second kappa shape index (κ2) is 8.65. The van der Waals surface area contributed by atoms with E-state index in [1.807, 2.05) is 24.3 Å². The quantitative estimate of drug-likeness (QED) is 0.690. The normalized spacial score (nSPS) is 11.0. The highest BCUT2D eigenvalue weighted by Gasteiger charge is 2.07. The van der Waals surface area contributed by atoms with E-state index in [0.717, 1.165) is 5.56 Å². The molecule has 0 saturated carbocycles. The van der Waals surface area contributed by atoms with Gasteiger partial charge in [0.2, 0.25) is 0 Å². The van der Waals surface area contributed by atoms with E-state index in [1.165, 1.54) is 17.7 Å². The first-order chi connectivity index (χ1) is 10.4. The smallest absolute Gasteiger partial charge is 0.294 e. The van der Waals surface area contributed by atoms with Crippen LogP contribution >= 0.6 is 0 Å². The minimum absolute atomic E-state index is 0.0741. The third-order valence-electron chi connectivity index (χ3n) is 2.82. The number of hydrogen-bond donors (Lipinski definition) is 1. The molecule has 0 radical (unpaired) electrons. The van der Waals surface area contributed by atoms with Gasteiger partial charge in [-0.3, -0.25) is 4.55 Å². The highest BCUT2D eigenvalue weighted by Crippen LogP contribution is 2.16. The molecule has 5 nitrogen and oxygen atoms in total. The zero-order valence-electron chi connectivity index (χ0n) is 12.8. The van der Waals surface area contributed by atoms with Crippen molar-refractivity contribution in [3.8, 4) is 0 Å². The van der Waals surface area contributed by atoms with Crippen LogP contribution in [0.3, 0.4) is 0 Å². The molecular weight excluding hydrogens is 304 g/mol. The van der Waals surface area contributed by atoms with Crippen LogP contribution in [0.1, 0.15) is 17.4 Å². The summed E-state index contributed by atoms with van der Waals surface area (Å²) in [5.41, 5.74) is 2.29. The fourth-order valence-electron chi connectivity index (χ4n) is 1.68. The van der Waals surface area contributed by atoms with Gasteiger partial charge < -0.3 is 9.47 Å². The van der Waals surface area contributed by atoms with Crippen LogP contribution in [0.25, 0.3) is 0 Å². The molecule has 2 rings (SSSR count). The Kier molecular flexibility index (Phi) is 7.20. The van der Waals surface area contributed by atoms with Crippen molar-refractivity contribution in [2.24, 2.45) is 0 Å². The standard InChI is InChI=1S/C10H14O2.C6H6O3S/c1-8-4-6-9(7-5-8)10(11-2)12-3;7-10(8,9)6-4-2-1-3-5-6/h4-7,10H,1-3H3;1-5H,(H,7,8,9). The van der Waals surface area contributed by atoms with Crippen molar-refractivity contribution in [2.45, 2.75) is 18.1 Å². The average Bonchev–Trinajstić information content (AvgIpc) is 2.51. The van der Waals surface area contributed by atoms with E-state index in [1.54, 1.807) is 32.4 Å². The first-order valence-electron chi connectivity index (χ1n) is 6.53. The van der Waals surface area contributed by atoms with Crippen molar-refractivity contribution >= 4 is 10.1 Å². The van der Waals surface area contributed by atoms with E-state index in [2.05, 4.69) is 6.92 Å². The molecule has 0 spiro atoms. The summed E-state index contributed by atoms with van der Waals surface area (Å²) in [4.78, 5) is -0.0741. The van der Waals surface area contributed by atoms with Crippen molar-refractivity contribution in [3.05, 3.63) is 65.7 Å². The number of rotatable bonds is 4. The Morgan fingerprint density at radius 3 is 1.77 bits per heavy atom. The van der Waals surface area contributed by atoms with E-state index >= 15 is 0 Å². The number of methoxy groups -OCH3 is 2. The van der Waals surface area contributed by atoms with Gasteiger partial charge in [-0.05, 0) is 19.1 Å². The van der Waals surface area contributed by atoms with Crippen LogP contribution < -0.4 is 0 Å². The van der Waals surface area contributed by atoms with Crippen molar-refractivity contribution in [2.75, 3.05) is 14.2 Å². The molecular formula is C16H20O5S. The van der Waals surface area contributed by atoms with Gasteiger partial charge in [-0.25, -0.2) is 0 Å². The number of aryl methyl sites for hydroxylation is 1. The third kappa shape index (κ3) is 5.95. The zero-order chi connectivity index (χ0) is 16.6. The van der Waals surface area contributed by atoms with Crippen LogP contribution in [0.15, 0.2) is 59.5 Å². The lowest BCUT2D eigenvalue weighted by Gasteiger charge is -2.13. The van der Waals surface area contributed by atoms with Crippen molar-refractivity contribution < 1.29 is 22.4 Å². The minimum Gasteiger partial charge on any atom is -0.352 e. The number of benzene rings is 2. The molecule has 0 bridgehead atoms. The topological polar surface area (TPSA) is 72.8 Å². The molecule has 120 valence electrons. The summed E-state index contributed by atoms with van der Waals surface area (Å²) in [7, 11) is -0.737. The van der Waals surface area contributed by atoms with Crippen molar-refractivity contribution in [1.82, 2.24) is 0 Å². The minimum atomic E-state index is -4.00. The van der Waals surface area contributed by atoms with Gasteiger partial charge in [0.15, 0.2) is 6.29 Å². The summed E-state index contributed by atoms with van der Waals surface area (Å²) in [6.07, 6.45) is -0.245. The van der Waals surface area contributed by atoms with E-state index in [9.17, 15) is 8.42 Å². The van der Waals surface area contributed by atoms with Gasteiger partial charge in [0.05, 0.1) is 4.90 Å². The van der Waals surface area contributed by atoms with Crippen LogP contribution in [0.2, 0.25) is 0 Å². The zero-order valence-corrected chi connectivity index (χ0v) is 13.6. The van der Waals surface area contributed by atoms with E-state index in [4.69, 9.17) is 14.0 Å². The lowest BCUT2D eigenvalue weighted by atomic mass is 10.1. The molecule has 6 heteroatoms. The maximum Gasteiger partial charge on any atom is 0.294 e. The molecule has 0 aliphatic rings. The van der Waals surface area contributed by atoms with E-state index in [0.29, 0.717) is 0 Å². The molecule has 0 saturated heterocycles. The lowest BCUT2D eigenvalue weighted by Crippen LogP contribution is -2.02. The molecule has 0 aliphatic carbocycles. The van der Waals surface area contributed by atoms with E-state index < -0.39 is 10.1 Å². The first-order valence-corrected chi connectivity index (χ1v) is 7.97. The Hall–Kier alpha value is -1.73. The highest BCUT2D eigenvalue weighted by molar-refractivity contribution is 7.85. The molecule has 0 unspecified atom stereocenters. The van der Waals surface area contributed by atoms with Crippen molar-refractivity contribution in [3.63, 3.8) is 0 Å². The molecule has 0 aliphatic heterocycles. The molecule has 0 heterocycles. The predicted molar refractivity (Wildman–Crippen MR) is 84.2 cm³/mol. The summed E-state index contributed by atoms with van der Waals surface area (Å²) in [5, 5.41) is 0. The van der Waals surface area contributed by atoms with E-state index in [-0.39, 0.29) is 11.2 Å². The first kappa shape index (κ1) is 18.3. The van der Waals surface area contributed by atoms with Gasteiger partial charge in [0.25, 0.3) is 10.1 Å². The van der Waals surface area contributed by atoms with Gasteiger partial charge in [-0.1, -0.05) is 48.0 Å². The Labute approximate surface area is 131 Å². The molecule has 2 aromatic carbocycles.